The van der Waals surface area contributed by atoms with Crippen molar-refractivity contribution >= 4 is 10.0 Å². The lowest BCUT2D eigenvalue weighted by Crippen LogP contribution is -2.38. The second kappa shape index (κ2) is 7.07. The molecular weight excluding hydrogens is 292 g/mol. The maximum atomic E-state index is 13.6. The van der Waals surface area contributed by atoms with Crippen LogP contribution in [0, 0.1) is 11.6 Å². The van der Waals surface area contributed by atoms with Crippen molar-refractivity contribution in [2.75, 3.05) is 13.7 Å². The third-order valence-electron chi connectivity index (χ3n) is 2.71. The van der Waals surface area contributed by atoms with Crippen molar-refractivity contribution in [2.45, 2.75) is 30.9 Å². The molecule has 0 radical (unpaired) electrons. The van der Waals surface area contributed by atoms with E-state index < -0.39 is 39.2 Å². The minimum absolute atomic E-state index is 0.0240. The van der Waals surface area contributed by atoms with Crippen molar-refractivity contribution in [3.63, 3.8) is 0 Å². The fourth-order valence-corrected chi connectivity index (χ4v) is 3.06. The number of sulfonamides is 1. The van der Waals surface area contributed by atoms with Crippen LogP contribution in [0.4, 0.5) is 8.78 Å². The molecule has 5 nitrogen and oxygen atoms in total. The summed E-state index contributed by atoms with van der Waals surface area (Å²) < 4.78 is 58.2. The molecule has 2 N–H and O–H groups in total. The van der Waals surface area contributed by atoms with Crippen molar-refractivity contribution in [1.29, 1.82) is 0 Å². The predicted octanol–water partition coefficient (Wildman–Crippen LogP) is 1.16. The fraction of sp³-hybridized carbons (Fsp3) is 0.500. The highest BCUT2D eigenvalue weighted by atomic mass is 32.2. The third kappa shape index (κ3) is 3.95. The van der Waals surface area contributed by atoms with E-state index in [-0.39, 0.29) is 12.2 Å². The van der Waals surface area contributed by atoms with E-state index in [0.29, 0.717) is 6.42 Å². The molecule has 1 atom stereocenters. The third-order valence-corrected chi connectivity index (χ3v) is 4.23. The average molecular weight is 309 g/mol. The Kier molecular flexibility index (Phi) is 6.00. The van der Waals surface area contributed by atoms with Gasteiger partial charge in [0.25, 0.3) is 0 Å². The molecule has 0 spiro atoms. The van der Waals surface area contributed by atoms with Crippen LogP contribution in [0.5, 0.6) is 0 Å². The molecule has 0 saturated heterocycles. The lowest BCUT2D eigenvalue weighted by molar-refractivity contribution is 0.173. The van der Waals surface area contributed by atoms with Gasteiger partial charge in [0.15, 0.2) is 11.6 Å². The first-order valence-corrected chi connectivity index (χ1v) is 7.44. The maximum absolute atomic E-state index is 13.6. The Balaban J connectivity index is 3.18. The molecule has 1 aromatic rings. The van der Waals surface area contributed by atoms with Gasteiger partial charge in [-0.15, -0.1) is 0 Å². The van der Waals surface area contributed by atoms with Crippen molar-refractivity contribution in [3.05, 3.63) is 29.3 Å². The highest BCUT2D eigenvalue weighted by molar-refractivity contribution is 7.89. The summed E-state index contributed by atoms with van der Waals surface area (Å²) >= 11 is 0. The van der Waals surface area contributed by atoms with Crippen LogP contribution in [0.15, 0.2) is 17.0 Å². The van der Waals surface area contributed by atoms with Gasteiger partial charge < -0.3 is 9.84 Å². The summed E-state index contributed by atoms with van der Waals surface area (Å²) in [6.45, 7) is 1.25. The SMILES string of the molecule is CCC(COC)NS(=O)(=O)c1cc(CO)cc(F)c1F. The summed E-state index contributed by atoms with van der Waals surface area (Å²) in [5.41, 5.74) is -0.0240. The maximum Gasteiger partial charge on any atom is 0.243 e. The van der Waals surface area contributed by atoms with Gasteiger partial charge in [-0.2, -0.15) is 0 Å². The first-order chi connectivity index (χ1) is 9.35. The zero-order chi connectivity index (χ0) is 15.3. The van der Waals surface area contributed by atoms with Gasteiger partial charge in [-0.05, 0) is 24.1 Å². The topological polar surface area (TPSA) is 75.6 Å². The molecule has 1 aromatic carbocycles. The van der Waals surface area contributed by atoms with Crippen molar-refractivity contribution in [2.24, 2.45) is 0 Å². The van der Waals surface area contributed by atoms with Crippen molar-refractivity contribution in [1.82, 2.24) is 4.72 Å². The van der Waals surface area contributed by atoms with E-state index in [0.717, 1.165) is 12.1 Å². The molecule has 1 rings (SSSR count). The number of hydrogen-bond acceptors (Lipinski definition) is 4. The second-order valence-electron chi connectivity index (χ2n) is 4.23. The molecular formula is C12H17F2NO4S. The number of hydrogen-bond donors (Lipinski definition) is 2. The number of nitrogens with one attached hydrogen (secondary N) is 1. The quantitative estimate of drug-likeness (QED) is 0.792. The molecule has 0 saturated carbocycles. The zero-order valence-electron chi connectivity index (χ0n) is 11.2. The fourth-order valence-electron chi connectivity index (χ4n) is 1.62. The van der Waals surface area contributed by atoms with E-state index in [1.165, 1.54) is 7.11 Å². The molecule has 0 heterocycles. The number of methoxy groups -OCH3 is 1. The molecule has 8 heteroatoms. The summed E-state index contributed by atoms with van der Waals surface area (Å²) in [6, 6.07) is 1.10. The molecule has 0 amide bonds. The number of halogens is 2. The molecule has 114 valence electrons. The Morgan fingerprint density at radius 3 is 2.55 bits per heavy atom. The molecule has 0 aliphatic carbocycles. The highest BCUT2D eigenvalue weighted by Gasteiger charge is 2.25. The van der Waals surface area contributed by atoms with Crippen LogP contribution in [0.3, 0.4) is 0 Å². The van der Waals surface area contributed by atoms with Crippen LogP contribution in [-0.4, -0.2) is 33.3 Å². The second-order valence-corrected chi connectivity index (χ2v) is 5.91. The monoisotopic (exact) mass is 309 g/mol. The van der Waals surface area contributed by atoms with Gasteiger partial charge in [0.2, 0.25) is 10.0 Å². The van der Waals surface area contributed by atoms with Gasteiger partial charge in [-0.3, -0.25) is 0 Å². The number of aliphatic hydroxyl groups excluding tert-OH is 1. The largest absolute Gasteiger partial charge is 0.392 e. The summed E-state index contributed by atoms with van der Waals surface area (Å²) in [7, 11) is -2.83. The molecule has 0 bridgehead atoms. The van der Waals surface area contributed by atoms with Gasteiger partial charge in [-0.1, -0.05) is 6.92 Å². The molecule has 0 aromatic heterocycles. The van der Waals surface area contributed by atoms with E-state index in [2.05, 4.69) is 4.72 Å². The number of benzene rings is 1. The predicted molar refractivity (Wildman–Crippen MR) is 68.6 cm³/mol. The molecule has 1 unspecified atom stereocenters. The minimum atomic E-state index is -4.24. The molecule has 20 heavy (non-hydrogen) atoms. The van der Waals surface area contributed by atoms with Crippen LogP contribution >= 0.6 is 0 Å². The lowest BCUT2D eigenvalue weighted by atomic mass is 10.2. The minimum Gasteiger partial charge on any atom is -0.392 e. The van der Waals surface area contributed by atoms with Crippen molar-refractivity contribution < 1.29 is 27.0 Å². The van der Waals surface area contributed by atoms with Crippen LogP contribution in [0.25, 0.3) is 0 Å². The zero-order valence-corrected chi connectivity index (χ0v) is 12.0. The van der Waals surface area contributed by atoms with E-state index >= 15 is 0 Å². The van der Waals surface area contributed by atoms with E-state index in [1.54, 1.807) is 6.92 Å². The Bertz CT molecular complexity index is 563. The van der Waals surface area contributed by atoms with Crippen molar-refractivity contribution in [3.8, 4) is 0 Å². The number of ether oxygens (including phenoxy) is 1. The first-order valence-electron chi connectivity index (χ1n) is 5.95. The van der Waals surface area contributed by atoms with E-state index in [1.807, 2.05) is 0 Å². The van der Waals surface area contributed by atoms with E-state index in [9.17, 15) is 17.2 Å². The Morgan fingerprint density at radius 1 is 1.40 bits per heavy atom. The summed E-state index contributed by atoms with van der Waals surface area (Å²) in [5, 5.41) is 8.93. The van der Waals surface area contributed by atoms with Gasteiger partial charge >= 0.3 is 0 Å². The average Bonchev–Trinajstić information content (AvgIpc) is 2.40. The Hall–Kier alpha value is -1.09. The van der Waals surface area contributed by atoms with Gasteiger partial charge in [0.1, 0.15) is 4.90 Å². The van der Waals surface area contributed by atoms with Gasteiger partial charge in [0, 0.05) is 13.2 Å². The smallest absolute Gasteiger partial charge is 0.243 e. The number of rotatable bonds is 7. The summed E-state index contributed by atoms with van der Waals surface area (Å²) in [5.74, 6) is -2.79. The van der Waals surface area contributed by atoms with Gasteiger partial charge in [-0.25, -0.2) is 21.9 Å². The first kappa shape index (κ1) is 17.0. The summed E-state index contributed by atoms with van der Waals surface area (Å²) in [4.78, 5) is -0.823. The highest BCUT2D eigenvalue weighted by Crippen LogP contribution is 2.20. The van der Waals surface area contributed by atoms with Crippen LogP contribution < -0.4 is 4.72 Å². The van der Waals surface area contributed by atoms with Crippen LogP contribution in [0.1, 0.15) is 18.9 Å². The van der Waals surface area contributed by atoms with E-state index in [4.69, 9.17) is 9.84 Å². The summed E-state index contributed by atoms with van der Waals surface area (Å²) in [6.07, 6.45) is 0.427. The normalized spacial score (nSPS) is 13.4. The van der Waals surface area contributed by atoms with Crippen LogP contribution in [-0.2, 0) is 21.4 Å². The molecule has 0 fully saturated rings. The Morgan fingerprint density at radius 2 is 2.05 bits per heavy atom. The lowest BCUT2D eigenvalue weighted by Gasteiger charge is -2.17. The van der Waals surface area contributed by atoms with Crippen LogP contribution in [0.2, 0.25) is 0 Å². The standard InChI is InChI=1S/C12H17F2NO4S/c1-3-9(7-19-2)15-20(17,18)11-5-8(6-16)4-10(13)12(11)14/h4-5,9,15-16H,3,6-7H2,1-2H3. The Labute approximate surface area is 116 Å². The van der Waals surface area contributed by atoms with Gasteiger partial charge in [0.05, 0.1) is 13.2 Å². The number of aliphatic hydroxyl groups is 1. The molecule has 0 aliphatic rings. The molecule has 0 aliphatic heterocycles.